The molecule has 0 radical (unpaired) electrons. The lowest BCUT2D eigenvalue weighted by atomic mass is 10.3. The van der Waals surface area contributed by atoms with Crippen LogP contribution in [0.4, 0.5) is 0 Å². The number of nitrogens with zero attached hydrogens (tertiary/aromatic N) is 1. The fourth-order valence-electron chi connectivity index (χ4n) is 0.909. The Hall–Kier alpha value is -1.10. The van der Waals surface area contributed by atoms with Crippen LogP contribution in [0.5, 0.6) is 0 Å². The summed E-state index contributed by atoms with van der Waals surface area (Å²) in [6, 6.07) is 0. The molecule has 14 heavy (non-hydrogen) atoms. The maximum Gasteiger partial charge on any atom is 0.303 e. The lowest BCUT2D eigenvalue weighted by molar-refractivity contribution is -0.137. The second-order valence-corrected chi connectivity index (χ2v) is 3.29. The van der Waals surface area contributed by atoms with Gasteiger partial charge in [0.1, 0.15) is 0 Å². The molecular formula is C9H18N2O3. The average molecular weight is 202 g/mol. The number of carboxylic acids is 1. The van der Waals surface area contributed by atoms with Gasteiger partial charge in [-0.15, -0.1) is 0 Å². The van der Waals surface area contributed by atoms with Gasteiger partial charge in [-0.2, -0.15) is 0 Å². The van der Waals surface area contributed by atoms with Crippen molar-refractivity contribution >= 4 is 11.9 Å². The molecule has 2 N–H and O–H groups in total. The van der Waals surface area contributed by atoms with Crippen LogP contribution in [0.2, 0.25) is 0 Å². The molecule has 0 atom stereocenters. The number of carbonyl (C=O) groups is 2. The molecule has 0 fully saturated rings. The molecule has 82 valence electrons. The zero-order chi connectivity index (χ0) is 11.0. The van der Waals surface area contributed by atoms with E-state index in [2.05, 4.69) is 5.32 Å². The number of rotatable bonds is 7. The van der Waals surface area contributed by atoms with Crippen LogP contribution in [-0.2, 0) is 9.59 Å². The summed E-state index contributed by atoms with van der Waals surface area (Å²) >= 11 is 0. The highest BCUT2D eigenvalue weighted by Gasteiger charge is 2.02. The van der Waals surface area contributed by atoms with Crippen LogP contribution in [0.1, 0.15) is 19.3 Å². The molecule has 0 unspecified atom stereocenters. The maximum atomic E-state index is 11.1. The smallest absolute Gasteiger partial charge is 0.303 e. The molecule has 0 saturated heterocycles. The van der Waals surface area contributed by atoms with Crippen molar-refractivity contribution in [3.8, 4) is 0 Å². The monoisotopic (exact) mass is 202 g/mol. The first-order chi connectivity index (χ1) is 6.54. The third-order valence-corrected chi connectivity index (χ3v) is 1.76. The van der Waals surface area contributed by atoms with Gasteiger partial charge in [0.25, 0.3) is 0 Å². The Morgan fingerprint density at radius 3 is 2.36 bits per heavy atom. The van der Waals surface area contributed by atoms with E-state index < -0.39 is 5.97 Å². The van der Waals surface area contributed by atoms with Crippen LogP contribution in [-0.4, -0.2) is 49.1 Å². The van der Waals surface area contributed by atoms with Crippen molar-refractivity contribution in [2.75, 3.05) is 27.2 Å². The summed E-state index contributed by atoms with van der Waals surface area (Å²) in [6.45, 7) is 1.25. The van der Waals surface area contributed by atoms with Crippen molar-refractivity contribution in [3.63, 3.8) is 0 Å². The van der Waals surface area contributed by atoms with Gasteiger partial charge in [-0.25, -0.2) is 0 Å². The molecule has 0 aliphatic rings. The first-order valence-electron chi connectivity index (χ1n) is 4.66. The molecule has 0 aliphatic heterocycles. The lowest BCUT2D eigenvalue weighted by Crippen LogP contribution is -2.27. The van der Waals surface area contributed by atoms with E-state index in [9.17, 15) is 9.59 Å². The summed E-state index contributed by atoms with van der Waals surface area (Å²) in [6.07, 6.45) is 1.24. The second kappa shape index (κ2) is 7.32. The van der Waals surface area contributed by atoms with E-state index >= 15 is 0 Å². The number of carboxylic acid groups (broad SMARTS) is 1. The largest absolute Gasteiger partial charge is 0.481 e. The van der Waals surface area contributed by atoms with E-state index in [0.717, 1.165) is 0 Å². The Kier molecular flexibility index (Phi) is 6.74. The molecule has 0 aromatic carbocycles. The van der Waals surface area contributed by atoms with Crippen molar-refractivity contribution in [2.45, 2.75) is 19.3 Å². The zero-order valence-electron chi connectivity index (χ0n) is 8.75. The first-order valence-corrected chi connectivity index (χ1v) is 4.66. The number of hydrogen-bond acceptors (Lipinski definition) is 3. The highest BCUT2D eigenvalue weighted by molar-refractivity contribution is 5.75. The van der Waals surface area contributed by atoms with Crippen LogP contribution >= 0.6 is 0 Å². The third kappa shape index (κ3) is 7.54. The standard InChI is InChI=1S/C9H18N2O3/c1-11(2)8(12)5-7-10-6-3-4-9(13)14/h10H,3-7H2,1-2H3,(H,13,14). The molecule has 0 aliphatic carbocycles. The molecule has 1 amide bonds. The third-order valence-electron chi connectivity index (χ3n) is 1.76. The fraction of sp³-hybridized carbons (Fsp3) is 0.778. The molecule has 5 nitrogen and oxygen atoms in total. The highest BCUT2D eigenvalue weighted by Crippen LogP contribution is 1.88. The normalized spacial score (nSPS) is 9.86. The Bertz CT molecular complexity index is 192. The van der Waals surface area contributed by atoms with Crippen molar-refractivity contribution in [3.05, 3.63) is 0 Å². The van der Waals surface area contributed by atoms with Gasteiger partial charge in [-0.1, -0.05) is 0 Å². The second-order valence-electron chi connectivity index (χ2n) is 3.29. The first kappa shape index (κ1) is 12.9. The minimum atomic E-state index is -0.781. The predicted molar refractivity (Wildman–Crippen MR) is 53.1 cm³/mol. The van der Waals surface area contributed by atoms with E-state index in [0.29, 0.717) is 25.9 Å². The van der Waals surface area contributed by atoms with E-state index in [1.807, 2.05) is 0 Å². The van der Waals surface area contributed by atoms with Gasteiger partial charge in [0, 0.05) is 33.5 Å². The number of nitrogens with one attached hydrogen (secondary N) is 1. The molecule has 0 bridgehead atoms. The quantitative estimate of drug-likeness (QED) is 0.566. The van der Waals surface area contributed by atoms with Crippen molar-refractivity contribution in [2.24, 2.45) is 0 Å². The SMILES string of the molecule is CN(C)C(=O)CCNCCCC(=O)O. The number of hydrogen-bond donors (Lipinski definition) is 2. The molecule has 0 heterocycles. The van der Waals surface area contributed by atoms with E-state index in [4.69, 9.17) is 5.11 Å². The van der Waals surface area contributed by atoms with Crippen LogP contribution in [0.15, 0.2) is 0 Å². The van der Waals surface area contributed by atoms with Gasteiger partial charge in [0.15, 0.2) is 0 Å². The van der Waals surface area contributed by atoms with Crippen LogP contribution in [0.25, 0.3) is 0 Å². The minimum Gasteiger partial charge on any atom is -0.481 e. The van der Waals surface area contributed by atoms with Crippen LogP contribution < -0.4 is 5.32 Å². The van der Waals surface area contributed by atoms with Gasteiger partial charge < -0.3 is 15.3 Å². The summed E-state index contributed by atoms with van der Waals surface area (Å²) in [4.78, 5) is 22.8. The Morgan fingerprint density at radius 2 is 1.86 bits per heavy atom. The van der Waals surface area contributed by atoms with E-state index in [-0.39, 0.29) is 12.3 Å². The average Bonchev–Trinajstić information content (AvgIpc) is 2.09. The number of amides is 1. The van der Waals surface area contributed by atoms with Gasteiger partial charge >= 0.3 is 5.97 Å². The Morgan fingerprint density at radius 1 is 1.21 bits per heavy atom. The van der Waals surface area contributed by atoms with E-state index in [1.54, 1.807) is 19.0 Å². The number of aliphatic carboxylic acids is 1. The summed E-state index contributed by atoms with van der Waals surface area (Å²) in [5, 5.41) is 11.4. The molecule has 0 saturated carbocycles. The summed E-state index contributed by atoms with van der Waals surface area (Å²) in [7, 11) is 3.43. The van der Waals surface area contributed by atoms with Gasteiger partial charge in [0.2, 0.25) is 5.91 Å². The van der Waals surface area contributed by atoms with Gasteiger partial charge in [0.05, 0.1) is 0 Å². The van der Waals surface area contributed by atoms with Crippen LogP contribution in [0.3, 0.4) is 0 Å². The molecule has 0 rings (SSSR count). The van der Waals surface area contributed by atoms with Gasteiger partial charge in [-0.05, 0) is 13.0 Å². The molecule has 0 aromatic heterocycles. The summed E-state index contributed by atoms with van der Waals surface area (Å²) < 4.78 is 0. The predicted octanol–water partition coefficient (Wildman–Crippen LogP) is -0.0809. The summed E-state index contributed by atoms with van der Waals surface area (Å²) in [5.74, 6) is -0.702. The molecule has 0 spiro atoms. The molecular weight excluding hydrogens is 184 g/mol. The fourth-order valence-corrected chi connectivity index (χ4v) is 0.909. The Balaban J connectivity index is 3.22. The minimum absolute atomic E-state index is 0.0794. The Labute approximate surface area is 84.1 Å². The lowest BCUT2D eigenvalue weighted by Gasteiger charge is -2.10. The van der Waals surface area contributed by atoms with Gasteiger partial charge in [-0.3, -0.25) is 9.59 Å². The number of carbonyl (C=O) groups excluding carboxylic acids is 1. The summed E-state index contributed by atoms with van der Waals surface area (Å²) in [5.41, 5.74) is 0. The maximum absolute atomic E-state index is 11.1. The van der Waals surface area contributed by atoms with Crippen molar-refractivity contribution < 1.29 is 14.7 Å². The van der Waals surface area contributed by atoms with Crippen LogP contribution in [0, 0.1) is 0 Å². The van der Waals surface area contributed by atoms with E-state index in [1.165, 1.54) is 0 Å². The highest BCUT2D eigenvalue weighted by atomic mass is 16.4. The molecule has 0 aromatic rings. The zero-order valence-corrected chi connectivity index (χ0v) is 8.75. The van der Waals surface area contributed by atoms with Crippen molar-refractivity contribution in [1.29, 1.82) is 0 Å². The van der Waals surface area contributed by atoms with Crippen molar-refractivity contribution in [1.82, 2.24) is 10.2 Å². The topological polar surface area (TPSA) is 69.6 Å². The molecule has 5 heteroatoms.